The number of ether oxygens (including phenoxy) is 2. The maximum absolute atomic E-state index is 10.6. The van der Waals surface area contributed by atoms with Crippen molar-refractivity contribution >= 4 is 5.97 Å². The molecule has 4 nitrogen and oxygen atoms in total. The normalized spacial score (nSPS) is 22.3. The highest BCUT2D eigenvalue weighted by Crippen LogP contribution is 2.19. The molecular weight excluding hydrogens is 196 g/mol. The van der Waals surface area contributed by atoms with Gasteiger partial charge in [0.1, 0.15) is 12.2 Å². The number of carbonyl (C=O) groups is 1. The lowest BCUT2D eigenvalue weighted by Crippen LogP contribution is -1.95. The van der Waals surface area contributed by atoms with Crippen LogP contribution >= 0.6 is 0 Å². The Morgan fingerprint density at radius 2 is 2.40 bits per heavy atom. The minimum Gasteiger partial charge on any atom is -0.466 e. The number of aliphatic hydroxyl groups is 1. The lowest BCUT2D eigenvalue weighted by atomic mass is 10.3. The first kappa shape index (κ1) is 11.3. The first-order valence-electron chi connectivity index (χ1n) is 4.30. The second-order valence-electron chi connectivity index (χ2n) is 2.67. The van der Waals surface area contributed by atoms with E-state index in [-0.39, 0.29) is 18.8 Å². The van der Waals surface area contributed by atoms with E-state index in [2.05, 4.69) is 28.4 Å². The van der Waals surface area contributed by atoms with Crippen LogP contribution in [-0.4, -0.2) is 37.0 Å². The lowest BCUT2D eigenvalue weighted by molar-refractivity contribution is -0.134. The molecule has 1 fully saturated rings. The summed E-state index contributed by atoms with van der Waals surface area (Å²) in [7, 11) is 1.29. The molecule has 1 heterocycles. The Hall–Kier alpha value is -1.75. The highest BCUT2D eigenvalue weighted by molar-refractivity contribution is 5.82. The van der Waals surface area contributed by atoms with Crippen LogP contribution in [0.4, 0.5) is 0 Å². The van der Waals surface area contributed by atoms with Crippen LogP contribution in [0.5, 0.6) is 0 Å². The van der Waals surface area contributed by atoms with Crippen molar-refractivity contribution in [3.8, 4) is 23.7 Å². The van der Waals surface area contributed by atoms with E-state index in [4.69, 9.17) is 9.84 Å². The SMILES string of the molecule is COC(=O)/C=C/C#CC#C[C@@H]1O[C@@H]1CO. The van der Waals surface area contributed by atoms with Crippen LogP contribution in [0.1, 0.15) is 0 Å². The van der Waals surface area contributed by atoms with Gasteiger partial charge in [0.05, 0.1) is 13.7 Å². The summed E-state index contributed by atoms with van der Waals surface area (Å²) < 4.78 is 9.30. The predicted octanol–water partition coefficient (Wildman–Crippen LogP) is -0.518. The highest BCUT2D eigenvalue weighted by atomic mass is 16.6. The van der Waals surface area contributed by atoms with E-state index in [0.29, 0.717) is 0 Å². The molecule has 0 amide bonds. The second-order valence-corrected chi connectivity index (χ2v) is 2.67. The van der Waals surface area contributed by atoms with Crippen LogP contribution in [0.2, 0.25) is 0 Å². The molecule has 78 valence electrons. The molecule has 1 saturated heterocycles. The van der Waals surface area contributed by atoms with Gasteiger partial charge in [-0.2, -0.15) is 0 Å². The van der Waals surface area contributed by atoms with Crippen LogP contribution in [0.3, 0.4) is 0 Å². The van der Waals surface area contributed by atoms with E-state index in [1.54, 1.807) is 0 Å². The van der Waals surface area contributed by atoms with Gasteiger partial charge in [0.2, 0.25) is 0 Å². The molecule has 15 heavy (non-hydrogen) atoms. The summed E-state index contributed by atoms with van der Waals surface area (Å²) in [4.78, 5) is 10.6. The molecule has 0 aromatic heterocycles. The third-order valence-corrected chi connectivity index (χ3v) is 1.62. The number of aliphatic hydroxyl groups excluding tert-OH is 1. The second kappa shape index (κ2) is 5.87. The molecule has 0 aromatic carbocycles. The van der Waals surface area contributed by atoms with Gasteiger partial charge in [0.25, 0.3) is 0 Å². The lowest BCUT2D eigenvalue weighted by Gasteiger charge is -1.84. The minimum absolute atomic E-state index is 0.0188. The maximum Gasteiger partial charge on any atom is 0.331 e. The van der Waals surface area contributed by atoms with E-state index >= 15 is 0 Å². The molecule has 0 bridgehead atoms. The quantitative estimate of drug-likeness (QED) is 0.286. The van der Waals surface area contributed by atoms with Crippen molar-refractivity contribution in [2.24, 2.45) is 0 Å². The number of carbonyl (C=O) groups excluding carboxylic acids is 1. The van der Waals surface area contributed by atoms with Crippen molar-refractivity contribution in [3.05, 3.63) is 12.2 Å². The summed E-state index contributed by atoms with van der Waals surface area (Å²) in [5.41, 5.74) is 0. The first-order chi connectivity index (χ1) is 7.27. The Morgan fingerprint density at radius 1 is 1.60 bits per heavy atom. The van der Waals surface area contributed by atoms with Gasteiger partial charge in [-0.3, -0.25) is 0 Å². The minimum atomic E-state index is -0.455. The average molecular weight is 206 g/mol. The maximum atomic E-state index is 10.6. The van der Waals surface area contributed by atoms with Crippen LogP contribution in [-0.2, 0) is 14.3 Å². The van der Waals surface area contributed by atoms with Gasteiger partial charge in [-0.25, -0.2) is 4.79 Å². The van der Waals surface area contributed by atoms with Gasteiger partial charge in [-0.15, -0.1) is 0 Å². The molecule has 0 radical (unpaired) electrons. The van der Waals surface area contributed by atoms with Crippen molar-refractivity contribution < 1.29 is 19.4 Å². The van der Waals surface area contributed by atoms with Crippen molar-refractivity contribution in [2.45, 2.75) is 12.2 Å². The third-order valence-electron chi connectivity index (χ3n) is 1.62. The number of allylic oxidation sites excluding steroid dienone is 1. The van der Waals surface area contributed by atoms with E-state index < -0.39 is 5.97 Å². The topological polar surface area (TPSA) is 59.1 Å². The van der Waals surface area contributed by atoms with Gasteiger partial charge in [-0.05, 0) is 17.9 Å². The molecule has 1 rings (SSSR count). The average Bonchev–Trinajstić information content (AvgIpc) is 3.01. The zero-order valence-electron chi connectivity index (χ0n) is 8.19. The summed E-state index contributed by atoms with van der Waals surface area (Å²) in [6.45, 7) is -0.0188. The van der Waals surface area contributed by atoms with Crippen molar-refractivity contribution in [1.29, 1.82) is 0 Å². The molecule has 0 unspecified atom stereocenters. The van der Waals surface area contributed by atoms with Crippen molar-refractivity contribution in [3.63, 3.8) is 0 Å². The molecule has 0 saturated carbocycles. The van der Waals surface area contributed by atoms with Crippen LogP contribution < -0.4 is 0 Å². The number of methoxy groups -OCH3 is 1. The monoisotopic (exact) mass is 206 g/mol. The Balaban J connectivity index is 2.28. The molecule has 4 heteroatoms. The number of esters is 1. The zero-order chi connectivity index (χ0) is 11.1. The molecule has 1 N–H and O–H groups in total. The Kier molecular flexibility index (Phi) is 4.43. The smallest absolute Gasteiger partial charge is 0.331 e. The van der Waals surface area contributed by atoms with Crippen molar-refractivity contribution in [2.75, 3.05) is 13.7 Å². The fraction of sp³-hybridized carbons (Fsp3) is 0.364. The first-order valence-corrected chi connectivity index (χ1v) is 4.30. The van der Waals surface area contributed by atoms with Gasteiger partial charge in [-0.1, -0.05) is 11.8 Å². The predicted molar refractivity (Wildman–Crippen MR) is 52.5 cm³/mol. The largest absolute Gasteiger partial charge is 0.466 e. The summed E-state index contributed by atoms with van der Waals surface area (Å²) >= 11 is 0. The Bertz CT molecular complexity index is 375. The van der Waals surface area contributed by atoms with E-state index in [0.717, 1.165) is 0 Å². The molecule has 2 atom stereocenters. The van der Waals surface area contributed by atoms with Gasteiger partial charge in [0.15, 0.2) is 0 Å². The number of epoxide rings is 1. The highest BCUT2D eigenvalue weighted by Gasteiger charge is 2.36. The molecule has 1 aliphatic heterocycles. The Morgan fingerprint density at radius 3 is 3.00 bits per heavy atom. The fourth-order valence-electron chi connectivity index (χ4n) is 0.771. The van der Waals surface area contributed by atoms with Crippen LogP contribution in [0.25, 0.3) is 0 Å². The van der Waals surface area contributed by atoms with Gasteiger partial charge in [0, 0.05) is 6.08 Å². The van der Waals surface area contributed by atoms with E-state index in [1.165, 1.54) is 19.3 Å². The summed E-state index contributed by atoms with van der Waals surface area (Å²) in [6, 6.07) is 0. The van der Waals surface area contributed by atoms with Crippen LogP contribution in [0, 0.1) is 23.7 Å². The fourth-order valence-corrected chi connectivity index (χ4v) is 0.771. The summed E-state index contributed by atoms with van der Waals surface area (Å²) in [5, 5.41) is 8.61. The molecule has 1 aliphatic rings. The molecule has 0 aliphatic carbocycles. The Labute approximate surface area is 87.9 Å². The third kappa shape index (κ3) is 4.33. The number of hydrogen-bond acceptors (Lipinski definition) is 4. The van der Waals surface area contributed by atoms with Gasteiger partial charge < -0.3 is 14.6 Å². The van der Waals surface area contributed by atoms with E-state index in [9.17, 15) is 4.79 Å². The summed E-state index contributed by atoms with van der Waals surface area (Å²) in [5.74, 6) is 9.86. The summed E-state index contributed by atoms with van der Waals surface area (Å²) in [6.07, 6.45) is 2.20. The molecule has 0 spiro atoms. The zero-order valence-corrected chi connectivity index (χ0v) is 8.19. The number of hydrogen-bond donors (Lipinski definition) is 1. The van der Waals surface area contributed by atoms with Crippen LogP contribution in [0.15, 0.2) is 12.2 Å². The van der Waals surface area contributed by atoms with Crippen molar-refractivity contribution in [1.82, 2.24) is 0 Å². The molecule has 0 aromatic rings. The number of rotatable bonds is 2. The molecular formula is C11H10O4. The van der Waals surface area contributed by atoms with E-state index in [1.807, 2.05) is 0 Å². The van der Waals surface area contributed by atoms with Gasteiger partial charge >= 0.3 is 5.97 Å². The standard InChI is InChI=1S/C11H10O4/c1-14-11(13)7-5-3-2-4-6-9-10(8-12)15-9/h5,7,9-10,12H,8H2,1H3/b7-5+/t9-,10+/m0/s1.